The van der Waals surface area contributed by atoms with Crippen LogP contribution in [0, 0.1) is 6.92 Å². The Bertz CT molecular complexity index is 6260. The van der Waals surface area contributed by atoms with Crippen molar-refractivity contribution in [1.82, 2.24) is 4.90 Å². The van der Waals surface area contributed by atoms with Crippen LogP contribution in [-0.2, 0) is 48.8 Å². The van der Waals surface area contributed by atoms with Crippen molar-refractivity contribution in [3.8, 4) is 46.0 Å². The van der Waals surface area contributed by atoms with Gasteiger partial charge in [-0.05, 0) is 262 Å². The molecule has 112 heavy (non-hydrogen) atoms. The van der Waals surface area contributed by atoms with E-state index in [1.165, 1.54) is 128 Å². The van der Waals surface area contributed by atoms with Crippen LogP contribution in [-0.4, -0.2) is 93.1 Å². The van der Waals surface area contributed by atoms with Gasteiger partial charge in [0.15, 0.2) is 0 Å². The summed E-state index contributed by atoms with van der Waals surface area (Å²) in [4.78, 5) is 98.9. The Hall–Kier alpha value is -14.2. The van der Waals surface area contributed by atoms with E-state index in [1.807, 2.05) is 31.2 Å². The molecule has 30 heteroatoms. The van der Waals surface area contributed by atoms with E-state index in [9.17, 15) is 72.0 Å². The van der Waals surface area contributed by atoms with Gasteiger partial charge in [-0.3, -0.25) is 24.1 Å². The molecular formula is C82H56N4O22S4. The van der Waals surface area contributed by atoms with Crippen LogP contribution in [0.1, 0.15) is 91.4 Å². The standard InChI is InChI=1S/C42H28N2O10S2.C24H20N2O4S.C16H6O8S.H2/c1-25-3-7-27(8-4-25)53-29-11-15-31(16-12-29)55(49,50)32-17-13-30(14-18-32)54-28-9-5-26(6-10-28)44-41(47)36-22-20-34(24-38(36)42(44)48)56(51,52)33-19-21-35-37(23-33)40(46)43(2)39(35)45;25-17-1-5-19(6-2-17)29-21-9-13-23(14-10-21)31(27,28)24-15-11-22(12-16-24)30-20-7-3-18(26)4-8-20;17-13-9-3-1-7(5-11(9)15(19)23-13)25(21,22)8-2-4-10-12(6-8)16(20)24-14(10)18;/h3-24H,1-2H3;1-16H,25-26H2;1-6H;1H/i;;;1+2T. The first kappa shape index (κ1) is 73.3. The topological polar surface area (TPSA) is 387 Å². The van der Waals surface area contributed by atoms with Crippen LogP contribution < -0.4 is 35.3 Å². The third-order valence-corrected chi connectivity index (χ3v) is 24.8. The monoisotopic (exact) mass is 1580 g/mol. The van der Waals surface area contributed by atoms with Crippen LogP contribution in [0.25, 0.3) is 0 Å². The third-order valence-electron chi connectivity index (χ3n) is 17.7. The largest absolute Gasteiger partial charge is 0.457 e. The predicted octanol–water partition coefficient (Wildman–Crippen LogP) is 13.9. The van der Waals surface area contributed by atoms with Gasteiger partial charge in [-0.25, -0.2) is 57.7 Å². The minimum atomic E-state index is -4.26. The first-order chi connectivity index (χ1) is 54.4. The number of fused-ring (bicyclic) bond motifs is 4. The zero-order valence-corrected chi connectivity index (χ0v) is 61.3. The SMILES string of the molecule is Cc1ccc(Oc2ccc(S(=O)(=O)c3ccc(Oc4ccc(N5C(=O)c6ccc(S(=O)(=O)c7ccc8c(c7)C(=O)N(C)C8=O)cc6C5=O)cc4)cc3)cc2)cc1.Nc1ccc(Oc2ccc(S(=O)(=O)c3ccc(Oc4ccc(N)cc4)cc3)cc2)cc1.O=C1OC(=O)c2cc(S(=O)(=O)c3ccc4c(c3)C(=O)OC4=O)ccc21.[3H][3H]. The number of imide groups is 2. The molecule has 0 aromatic heterocycles. The summed E-state index contributed by atoms with van der Waals surface area (Å²) in [7, 11) is -14.6. The second-order valence-electron chi connectivity index (χ2n) is 25.1. The summed E-state index contributed by atoms with van der Waals surface area (Å²) in [5.74, 6) is -2.05. The van der Waals surface area contributed by atoms with Crippen LogP contribution in [0.5, 0.6) is 46.0 Å². The van der Waals surface area contributed by atoms with Gasteiger partial charge in [0.2, 0.25) is 39.3 Å². The zero-order valence-electron chi connectivity index (χ0n) is 60.1. The maximum Gasteiger partial charge on any atom is 0.346 e. The Morgan fingerprint density at radius 2 is 0.500 bits per heavy atom. The van der Waals surface area contributed by atoms with Crippen molar-refractivity contribution in [2.45, 2.75) is 46.1 Å². The van der Waals surface area contributed by atoms with Crippen molar-refractivity contribution in [2.24, 2.45) is 0 Å². The van der Waals surface area contributed by atoms with Gasteiger partial charge in [-0.15, -0.1) is 0 Å². The minimum Gasteiger partial charge on any atom is -0.457 e. The number of nitrogens with two attached hydrogens (primary N) is 2. The van der Waals surface area contributed by atoms with Crippen LogP contribution >= 0.6 is 0 Å². The number of rotatable bonds is 17. The van der Waals surface area contributed by atoms with Crippen molar-refractivity contribution in [1.29, 1.82) is 0 Å². The summed E-state index contributed by atoms with van der Waals surface area (Å²) < 4.78 is 147. The number of cyclic esters (lactones) is 4. The molecule has 12 aromatic carbocycles. The van der Waals surface area contributed by atoms with Gasteiger partial charge >= 0.3 is 23.9 Å². The molecule has 4 aliphatic rings. The smallest absolute Gasteiger partial charge is 0.346 e. The number of amides is 4. The maximum absolute atomic E-state index is 13.6. The van der Waals surface area contributed by atoms with Crippen LogP contribution in [0.2, 0.25) is 0 Å². The molecule has 4 heterocycles. The molecule has 0 saturated carbocycles. The maximum atomic E-state index is 13.6. The minimum absolute atomic E-state index is 0.00666. The summed E-state index contributed by atoms with van der Waals surface area (Å²) in [5.41, 5.74) is 13.5. The van der Waals surface area contributed by atoms with Crippen LogP contribution in [0.4, 0.5) is 17.1 Å². The van der Waals surface area contributed by atoms with Gasteiger partial charge in [0.05, 0.1) is 89.4 Å². The lowest BCUT2D eigenvalue weighted by atomic mass is 10.1. The molecule has 26 nitrogen and oxygen atoms in total. The third kappa shape index (κ3) is 14.7. The summed E-state index contributed by atoms with van der Waals surface area (Å²) in [6.07, 6.45) is 0. The average Bonchev–Trinajstić information content (AvgIpc) is 1.58. The van der Waals surface area contributed by atoms with Crippen molar-refractivity contribution in [2.75, 3.05) is 23.4 Å². The fraction of sp³-hybridized carbons (Fsp3) is 0.0244. The van der Waals surface area contributed by atoms with Crippen molar-refractivity contribution in [3.05, 3.63) is 317 Å². The molecule has 0 atom stereocenters. The highest BCUT2D eigenvalue weighted by Gasteiger charge is 2.40. The molecule has 0 fully saturated rings. The highest BCUT2D eigenvalue weighted by molar-refractivity contribution is 7.92. The number of nitrogens with zero attached hydrogens (tertiary/aromatic N) is 2. The number of esters is 4. The van der Waals surface area contributed by atoms with E-state index in [1.54, 1.807) is 84.9 Å². The number of anilines is 3. The molecule has 4 aliphatic heterocycles. The van der Waals surface area contributed by atoms with Gasteiger partial charge in [-0.1, -0.05) is 17.7 Å². The number of carbonyl (C=O) groups is 8. The number of sulfone groups is 4. The highest BCUT2D eigenvalue weighted by Crippen LogP contribution is 2.38. The van der Waals surface area contributed by atoms with Gasteiger partial charge in [0.25, 0.3) is 23.6 Å². The molecule has 560 valence electrons. The first-order valence-electron chi connectivity index (χ1n) is 34.2. The van der Waals surface area contributed by atoms with Gasteiger partial charge < -0.3 is 39.9 Å². The fourth-order valence-corrected chi connectivity index (χ4v) is 16.9. The fourth-order valence-electron chi connectivity index (χ4n) is 11.8. The normalized spacial score (nSPS) is 13.6. The van der Waals surface area contributed by atoms with E-state index in [0.717, 1.165) is 51.8 Å². The molecular weight excluding hydrogens is 1520 g/mol. The molecule has 0 spiro atoms. The lowest BCUT2D eigenvalue weighted by molar-refractivity contribution is 0.0425. The van der Waals surface area contributed by atoms with Crippen molar-refractivity contribution >= 4 is 104 Å². The number of nitrogen functional groups attached to an aromatic ring is 2. The van der Waals surface area contributed by atoms with E-state index in [2.05, 4.69) is 9.47 Å². The molecule has 0 aliphatic carbocycles. The molecule has 0 radical (unpaired) electrons. The van der Waals surface area contributed by atoms with Crippen molar-refractivity contribution < 1.29 is 103 Å². The number of aryl methyl sites for hydroxylation is 1. The number of hydrogen-bond donors (Lipinski definition) is 2. The first-order valence-corrected chi connectivity index (χ1v) is 39.1. The Morgan fingerprint density at radius 3 is 0.830 bits per heavy atom. The molecule has 0 bridgehead atoms. The number of carbonyl (C=O) groups excluding carboxylic acids is 8. The van der Waals surface area contributed by atoms with Gasteiger partial charge in [-0.2, -0.15) is 0 Å². The lowest BCUT2D eigenvalue weighted by Crippen LogP contribution is -2.29. The Morgan fingerprint density at radius 1 is 0.277 bits per heavy atom. The number of ether oxygens (including phenoxy) is 6. The second-order valence-corrected chi connectivity index (χ2v) is 32.8. The van der Waals surface area contributed by atoms with E-state index < -0.39 is 86.9 Å². The van der Waals surface area contributed by atoms with Gasteiger partial charge in [0.1, 0.15) is 46.0 Å². The zero-order chi connectivity index (χ0) is 81.3. The Kier molecular flexibility index (Phi) is 19.3. The lowest BCUT2D eigenvalue weighted by Gasteiger charge is -2.14. The quantitative estimate of drug-likeness (QED) is 0.0370. The van der Waals surface area contributed by atoms with Crippen LogP contribution in [0.15, 0.2) is 306 Å². The second kappa shape index (κ2) is 29.4. The van der Waals surface area contributed by atoms with Crippen molar-refractivity contribution in [3.63, 3.8) is 0 Å². The number of benzene rings is 12. The summed E-state index contributed by atoms with van der Waals surface area (Å²) in [5, 5.41) is 0. The molecule has 4 amide bonds. The van der Waals surface area contributed by atoms with E-state index in [0.29, 0.717) is 57.4 Å². The molecule has 0 saturated heterocycles. The van der Waals surface area contributed by atoms with Crippen LogP contribution in [0.3, 0.4) is 0 Å². The van der Waals surface area contributed by atoms with Gasteiger partial charge in [0, 0.05) is 21.4 Å². The van der Waals surface area contributed by atoms with E-state index >= 15 is 0 Å². The summed E-state index contributed by atoms with van der Waals surface area (Å²) in [6, 6.07) is 65.9. The summed E-state index contributed by atoms with van der Waals surface area (Å²) in [6.45, 7) is 1.97. The Labute approximate surface area is 640 Å². The summed E-state index contributed by atoms with van der Waals surface area (Å²) >= 11 is 0. The highest BCUT2D eigenvalue weighted by atomic mass is 32.2. The average molecular weight is 1580 g/mol. The molecule has 4 N–H and O–H groups in total. The molecule has 0 unspecified atom stereocenters. The molecule has 12 aromatic rings. The number of hydrogen-bond acceptors (Lipinski definition) is 24. The Balaban J connectivity index is 0.000000164. The van der Waals surface area contributed by atoms with E-state index in [4.69, 9.17) is 33.4 Å². The van der Waals surface area contributed by atoms with E-state index in [-0.39, 0.29) is 89.4 Å². The molecule has 16 rings (SSSR count). The predicted molar refractivity (Wildman–Crippen MR) is 402 cm³/mol.